The van der Waals surface area contributed by atoms with Crippen molar-refractivity contribution in [3.05, 3.63) is 141 Å². The molecule has 2 aromatic heterocycles. The number of aromatic hydroxyl groups is 1. The predicted molar refractivity (Wildman–Crippen MR) is 166 cm³/mol. The van der Waals surface area contributed by atoms with Crippen molar-refractivity contribution in [1.82, 2.24) is 14.9 Å². The van der Waals surface area contributed by atoms with Crippen molar-refractivity contribution in [3.8, 4) is 11.5 Å². The first-order valence-corrected chi connectivity index (χ1v) is 14.0. The minimum atomic E-state index is -0.827. The number of rotatable bonds is 8. The van der Waals surface area contributed by atoms with Crippen LogP contribution in [0, 0.1) is 5.82 Å². The molecule has 6 rings (SSSR count). The SMILES string of the molecule is COc1ccccc1C(=O)NCCc1c(C(c2cccc(F)c2)c2c(O)c3ccccc3n(C)c2=O)[nH]c2ccccc12. The van der Waals surface area contributed by atoms with Gasteiger partial charge < -0.3 is 24.7 Å². The van der Waals surface area contributed by atoms with E-state index in [1.807, 2.05) is 24.3 Å². The first kappa shape index (κ1) is 27.8. The van der Waals surface area contributed by atoms with Gasteiger partial charge in [-0.15, -0.1) is 0 Å². The van der Waals surface area contributed by atoms with Crippen molar-refractivity contribution >= 4 is 27.7 Å². The smallest absolute Gasteiger partial charge is 0.258 e. The van der Waals surface area contributed by atoms with Crippen LogP contribution in [0.2, 0.25) is 0 Å². The molecule has 3 N–H and O–H groups in total. The number of halogens is 1. The zero-order chi connectivity index (χ0) is 30.1. The number of nitrogens with one attached hydrogen (secondary N) is 2. The lowest BCUT2D eigenvalue weighted by molar-refractivity contribution is 0.0951. The molecule has 4 aromatic carbocycles. The number of para-hydroxylation sites is 3. The molecule has 1 atom stereocenters. The predicted octanol–water partition coefficient (Wildman–Crippen LogP) is 6.03. The molecule has 0 aliphatic rings. The Kier molecular flexibility index (Phi) is 7.42. The summed E-state index contributed by atoms with van der Waals surface area (Å²) in [6, 6.07) is 27.9. The summed E-state index contributed by atoms with van der Waals surface area (Å²) in [5.41, 5.74) is 3.57. The van der Waals surface area contributed by atoms with E-state index in [9.17, 15) is 19.1 Å². The van der Waals surface area contributed by atoms with Crippen molar-refractivity contribution in [2.45, 2.75) is 12.3 Å². The van der Waals surface area contributed by atoms with Gasteiger partial charge in [0.1, 0.15) is 17.3 Å². The molecule has 0 fully saturated rings. The van der Waals surface area contributed by atoms with Gasteiger partial charge in [0, 0.05) is 35.6 Å². The van der Waals surface area contributed by atoms with Crippen molar-refractivity contribution in [3.63, 3.8) is 0 Å². The number of methoxy groups -OCH3 is 1. The first-order chi connectivity index (χ1) is 20.9. The number of nitrogens with zero attached hydrogens (tertiary/aromatic N) is 1. The van der Waals surface area contributed by atoms with Gasteiger partial charge in [-0.1, -0.05) is 54.6 Å². The minimum absolute atomic E-state index is 0.137. The van der Waals surface area contributed by atoms with Gasteiger partial charge in [0.05, 0.1) is 29.7 Å². The Morgan fingerprint density at radius 2 is 1.70 bits per heavy atom. The summed E-state index contributed by atoms with van der Waals surface area (Å²) in [7, 11) is 3.18. The summed E-state index contributed by atoms with van der Waals surface area (Å²) in [6.07, 6.45) is 0.403. The Balaban J connectivity index is 1.50. The number of carbonyl (C=O) groups is 1. The topological polar surface area (TPSA) is 96.3 Å². The summed E-state index contributed by atoms with van der Waals surface area (Å²) in [5.74, 6) is -1.24. The quantitative estimate of drug-likeness (QED) is 0.207. The molecule has 0 saturated heterocycles. The second-order valence-corrected chi connectivity index (χ2v) is 10.4. The fraction of sp³-hybridized carbons (Fsp3) is 0.143. The maximum atomic E-state index is 14.7. The lowest BCUT2D eigenvalue weighted by Crippen LogP contribution is -2.27. The van der Waals surface area contributed by atoms with E-state index < -0.39 is 11.7 Å². The zero-order valence-corrected chi connectivity index (χ0v) is 23.7. The third-order valence-electron chi connectivity index (χ3n) is 7.93. The largest absolute Gasteiger partial charge is 0.507 e. The summed E-state index contributed by atoms with van der Waals surface area (Å²) >= 11 is 0. The standard InChI is InChI=1S/C35H30FN3O4/c1-39-28-16-7-4-13-25(28)33(40)31(35(39)42)30(21-10-9-11-22(36)20-21)32-24(23-12-3-6-15-27(23)38-32)18-19-37-34(41)26-14-5-8-17-29(26)43-2/h3-17,20,30,38,40H,18-19H2,1-2H3,(H,37,41). The van der Waals surface area contributed by atoms with Gasteiger partial charge in [0.15, 0.2) is 0 Å². The van der Waals surface area contributed by atoms with Crippen molar-refractivity contribution in [2.75, 3.05) is 13.7 Å². The van der Waals surface area contributed by atoms with Crippen LogP contribution in [0.5, 0.6) is 11.5 Å². The highest BCUT2D eigenvalue weighted by molar-refractivity contribution is 5.97. The Bertz CT molecular complexity index is 2050. The van der Waals surface area contributed by atoms with E-state index in [1.54, 1.807) is 67.7 Å². The van der Waals surface area contributed by atoms with Crippen LogP contribution < -0.4 is 15.6 Å². The summed E-state index contributed by atoms with van der Waals surface area (Å²) in [5, 5.41) is 16.0. The van der Waals surface area contributed by atoms with Gasteiger partial charge in [-0.05, 0) is 60.0 Å². The lowest BCUT2D eigenvalue weighted by Gasteiger charge is -2.22. The molecule has 1 amide bonds. The molecule has 1 unspecified atom stereocenters. The molecule has 6 aromatic rings. The van der Waals surface area contributed by atoms with Crippen LogP contribution >= 0.6 is 0 Å². The van der Waals surface area contributed by atoms with Crippen LogP contribution in [0.25, 0.3) is 21.8 Å². The Morgan fingerprint density at radius 3 is 2.49 bits per heavy atom. The molecule has 0 bridgehead atoms. The molecule has 7 nitrogen and oxygen atoms in total. The van der Waals surface area contributed by atoms with E-state index in [-0.39, 0.29) is 29.3 Å². The number of ether oxygens (including phenoxy) is 1. The van der Waals surface area contributed by atoms with Crippen molar-refractivity contribution < 1.29 is 19.0 Å². The number of hydrogen-bond acceptors (Lipinski definition) is 4. The van der Waals surface area contributed by atoms with Gasteiger partial charge in [-0.3, -0.25) is 9.59 Å². The fourth-order valence-corrected chi connectivity index (χ4v) is 5.89. The van der Waals surface area contributed by atoms with Crippen LogP contribution in [-0.2, 0) is 13.5 Å². The average Bonchev–Trinajstić information content (AvgIpc) is 3.39. The van der Waals surface area contributed by atoms with Crippen LogP contribution in [0.4, 0.5) is 4.39 Å². The average molecular weight is 576 g/mol. The van der Waals surface area contributed by atoms with E-state index in [0.29, 0.717) is 39.9 Å². The molecule has 0 radical (unpaired) electrons. The highest BCUT2D eigenvalue weighted by Crippen LogP contribution is 2.41. The Labute approximate surface area is 247 Å². The molecule has 0 spiro atoms. The molecule has 2 heterocycles. The van der Waals surface area contributed by atoms with E-state index in [4.69, 9.17) is 4.74 Å². The minimum Gasteiger partial charge on any atom is -0.507 e. The highest BCUT2D eigenvalue weighted by Gasteiger charge is 2.30. The third-order valence-corrected chi connectivity index (χ3v) is 7.93. The summed E-state index contributed by atoms with van der Waals surface area (Å²) < 4.78 is 21.5. The van der Waals surface area contributed by atoms with E-state index in [0.717, 1.165) is 16.5 Å². The molecule has 0 aliphatic heterocycles. The fourth-order valence-electron chi connectivity index (χ4n) is 5.89. The molecule has 216 valence electrons. The third kappa shape index (κ3) is 5.01. The molecular weight excluding hydrogens is 545 g/mol. The maximum Gasteiger partial charge on any atom is 0.258 e. The van der Waals surface area contributed by atoms with E-state index in [1.165, 1.54) is 23.8 Å². The van der Waals surface area contributed by atoms with E-state index in [2.05, 4.69) is 10.3 Å². The van der Waals surface area contributed by atoms with Crippen LogP contribution in [0.3, 0.4) is 0 Å². The molecule has 8 heteroatoms. The van der Waals surface area contributed by atoms with Gasteiger partial charge in [0.2, 0.25) is 0 Å². The number of carbonyl (C=O) groups excluding carboxylic acids is 1. The molecule has 0 saturated carbocycles. The van der Waals surface area contributed by atoms with Gasteiger partial charge >= 0.3 is 0 Å². The van der Waals surface area contributed by atoms with Crippen molar-refractivity contribution in [1.29, 1.82) is 0 Å². The van der Waals surface area contributed by atoms with Gasteiger partial charge in [-0.2, -0.15) is 0 Å². The monoisotopic (exact) mass is 575 g/mol. The van der Waals surface area contributed by atoms with Crippen LogP contribution in [0.1, 0.15) is 38.7 Å². The number of benzene rings is 4. The molecule has 43 heavy (non-hydrogen) atoms. The number of aromatic amines is 1. The second-order valence-electron chi connectivity index (χ2n) is 10.4. The number of amides is 1. The Hall–Kier alpha value is -5.37. The number of pyridine rings is 1. The second kappa shape index (κ2) is 11.5. The highest BCUT2D eigenvalue weighted by atomic mass is 19.1. The normalized spacial score (nSPS) is 12.0. The number of aromatic nitrogens is 2. The van der Waals surface area contributed by atoms with Crippen LogP contribution in [0.15, 0.2) is 102 Å². The van der Waals surface area contributed by atoms with Gasteiger partial charge in [0.25, 0.3) is 11.5 Å². The molecular formula is C35H30FN3O4. The number of hydrogen-bond donors (Lipinski definition) is 3. The van der Waals surface area contributed by atoms with Crippen LogP contribution in [-0.4, -0.2) is 34.2 Å². The van der Waals surface area contributed by atoms with E-state index >= 15 is 0 Å². The van der Waals surface area contributed by atoms with Gasteiger partial charge in [-0.25, -0.2) is 4.39 Å². The zero-order valence-electron chi connectivity index (χ0n) is 23.7. The maximum absolute atomic E-state index is 14.7. The number of H-pyrrole nitrogens is 1. The Morgan fingerprint density at radius 1 is 0.977 bits per heavy atom. The lowest BCUT2D eigenvalue weighted by atomic mass is 9.85. The molecule has 0 aliphatic carbocycles. The number of fused-ring (bicyclic) bond motifs is 2. The first-order valence-electron chi connectivity index (χ1n) is 14.0. The summed E-state index contributed by atoms with van der Waals surface area (Å²) in [4.78, 5) is 30.5. The summed E-state index contributed by atoms with van der Waals surface area (Å²) in [6.45, 7) is 0.281. The van der Waals surface area contributed by atoms with Crippen molar-refractivity contribution in [2.24, 2.45) is 7.05 Å². The number of aryl methyl sites for hydroxylation is 1.